The maximum absolute atomic E-state index is 10.9. The van der Waals surface area contributed by atoms with Crippen LogP contribution in [0, 0.1) is 10.1 Å². The van der Waals surface area contributed by atoms with Gasteiger partial charge in [0.05, 0.1) is 11.0 Å². The number of nitrogens with one attached hydrogen (secondary N) is 1. The van der Waals surface area contributed by atoms with Crippen LogP contribution in [0.4, 0.5) is 11.4 Å². The highest BCUT2D eigenvalue weighted by atomic mass is 32.1. The van der Waals surface area contributed by atoms with E-state index in [2.05, 4.69) is 12.2 Å². The van der Waals surface area contributed by atoms with Crippen molar-refractivity contribution in [1.29, 1.82) is 0 Å². The van der Waals surface area contributed by atoms with E-state index in [1.807, 2.05) is 17.5 Å². The molecule has 0 aliphatic rings. The lowest BCUT2D eigenvalue weighted by Gasteiger charge is -2.16. The van der Waals surface area contributed by atoms with Gasteiger partial charge in [0, 0.05) is 10.9 Å². The van der Waals surface area contributed by atoms with E-state index in [1.54, 1.807) is 29.5 Å². The zero-order valence-electron chi connectivity index (χ0n) is 10.00. The molecule has 0 saturated carbocycles. The summed E-state index contributed by atoms with van der Waals surface area (Å²) < 4.78 is 0. The lowest BCUT2D eigenvalue weighted by atomic mass is 10.1. The number of anilines is 1. The van der Waals surface area contributed by atoms with Gasteiger partial charge in [-0.3, -0.25) is 10.1 Å². The van der Waals surface area contributed by atoms with Crippen LogP contribution >= 0.6 is 11.3 Å². The molecule has 0 spiro atoms. The number of rotatable bonds is 5. The Labute approximate surface area is 109 Å². The molecule has 2 aromatic rings. The van der Waals surface area contributed by atoms with E-state index in [0.717, 1.165) is 6.42 Å². The average Bonchev–Trinajstić information content (AvgIpc) is 2.90. The van der Waals surface area contributed by atoms with Crippen molar-refractivity contribution in [2.24, 2.45) is 0 Å². The molecule has 0 aliphatic carbocycles. The Balaban J connectivity index is 2.25. The number of nitro groups is 1. The Hall–Kier alpha value is -1.88. The smallest absolute Gasteiger partial charge is 0.292 e. The minimum Gasteiger partial charge on any atom is -0.372 e. The van der Waals surface area contributed by atoms with Crippen LogP contribution in [0.2, 0.25) is 0 Å². The Morgan fingerprint density at radius 2 is 2.11 bits per heavy atom. The lowest BCUT2D eigenvalue weighted by Crippen LogP contribution is -2.09. The highest BCUT2D eigenvalue weighted by Crippen LogP contribution is 2.30. The van der Waals surface area contributed by atoms with Crippen molar-refractivity contribution in [2.75, 3.05) is 5.32 Å². The third-order valence-corrected chi connectivity index (χ3v) is 3.71. The quantitative estimate of drug-likeness (QED) is 0.648. The van der Waals surface area contributed by atoms with Gasteiger partial charge in [-0.2, -0.15) is 0 Å². The van der Waals surface area contributed by atoms with Crippen LogP contribution < -0.4 is 5.32 Å². The summed E-state index contributed by atoms with van der Waals surface area (Å²) in [4.78, 5) is 11.8. The zero-order chi connectivity index (χ0) is 13.0. The Morgan fingerprint density at radius 3 is 2.72 bits per heavy atom. The van der Waals surface area contributed by atoms with Gasteiger partial charge < -0.3 is 5.32 Å². The van der Waals surface area contributed by atoms with Crippen molar-refractivity contribution in [1.82, 2.24) is 0 Å². The molecule has 0 bridgehead atoms. The largest absolute Gasteiger partial charge is 0.372 e. The molecule has 0 saturated heterocycles. The van der Waals surface area contributed by atoms with Crippen LogP contribution in [0.15, 0.2) is 41.8 Å². The first-order valence-electron chi connectivity index (χ1n) is 5.75. The van der Waals surface area contributed by atoms with Gasteiger partial charge in [0.25, 0.3) is 5.69 Å². The van der Waals surface area contributed by atoms with E-state index in [9.17, 15) is 10.1 Å². The summed E-state index contributed by atoms with van der Waals surface area (Å²) in [7, 11) is 0. The molecule has 4 nitrogen and oxygen atoms in total. The third-order valence-electron chi connectivity index (χ3n) is 2.73. The van der Waals surface area contributed by atoms with Gasteiger partial charge >= 0.3 is 0 Å². The molecule has 1 atom stereocenters. The van der Waals surface area contributed by atoms with Gasteiger partial charge in [-0.1, -0.05) is 25.1 Å². The van der Waals surface area contributed by atoms with E-state index in [1.165, 1.54) is 10.9 Å². The SMILES string of the molecule is CCC(Nc1ccccc1[N+](=O)[O-])c1cccs1. The molecule has 2 rings (SSSR count). The summed E-state index contributed by atoms with van der Waals surface area (Å²) in [6, 6.07) is 10.9. The van der Waals surface area contributed by atoms with Crippen LogP contribution in [0.1, 0.15) is 24.3 Å². The molecule has 1 aromatic heterocycles. The van der Waals surface area contributed by atoms with E-state index >= 15 is 0 Å². The lowest BCUT2D eigenvalue weighted by molar-refractivity contribution is -0.384. The van der Waals surface area contributed by atoms with Gasteiger partial charge in [0.1, 0.15) is 5.69 Å². The van der Waals surface area contributed by atoms with Crippen LogP contribution in [0.25, 0.3) is 0 Å². The highest BCUT2D eigenvalue weighted by molar-refractivity contribution is 7.10. The zero-order valence-corrected chi connectivity index (χ0v) is 10.8. The van der Waals surface area contributed by atoms with Crippen molar-refractivity contribution in [3.63, 3.8) is 0 Å². The highest BCUT2D eigenvalue weighted by Gasteiger charge is 2.16. The summed E-state index contributed by atoms with van der Waals surface area (Å²) in [5.41, 5.74) is 0.690. The Bertz CT molecular complexity index is 526. The van der Waals surface area contributed by atoms with E-state index in [-0.39, 0.29) is 16.7 Å². The van der Waals surface area contributed by atoms with Crippen LogP contribution in [-0.2, 0) is 0 Å². The van der Waals surface area contributed by atoms with Gasteiger partial charge in [0.2, 0.25) is 0 Å². The van der Waals surface area contributed by atoms with Crippen molar-refractivity contribution < 1.29 is 4.92 Å². The molecule has 1 heterocycles. The molecule has 0 amide bonds. The molecule has 1 aromatic carbocycles. The number of para-hydroxylation sites is 2. The summed E-state index contributed by atoms with van der Waals surface area (Å²) in [6.07, 6.45) is 0.882. The molecule has 94 valence electrons. The van der Waals surface area contributed by atoms with Crippen LogP contribution in [-0.4, -0.2) is 4.92 Å². The molecule has 0 radical (unpaired) electrons. The topological polar surface area (TPSA) is 55.2 Å². The number of hydrogen-bond donors (Lipinski definition) is 1. The summed E-state index contributed by atoms with van der Waals surface area (Å²) in [5, 5.41) is 16.2. The maximum atomic E-state index is 10.9. The van der Waals surface area contributed by atoms with Crippen LogP contribution in [0.5, 0.6) is 0 Å². The van der Waals surface area contributed by atoms with Gasteiger partial charge in [-0.15, -0.1) is 11.3 Å². The standard InChI is InChI=1S/C13H14N2O2S/c1-2-10(13-8-5-9-18-13)14-11-6-3-4-7-12(11)15(16)17/h3-10,14H,2H2,1H3. The first-order chi connectivity index (χ1) is 8.72. The summed E-state index contributed by atoms with van der Waals surface area (Å²) in [6.45, 7) is 2.06. The fourth-order valence-corrected chi connectivity index (χ4v) is 2.67. The fraction of sp³-hybridized carbons (Fsp3) is 0.231. The van der Waals surface area contributed by atoms with Gasteiger partial charge in [-0.05, 0) is 23.9 Å². The third kappa shape index (κ3) is 2.68. The maximum Gasteiger partial charge on any atom is 0.292 e. The van der Waals surface area contributed by atoms with Crippen molar-refractivity contribution >= 4 is 22.7 Å². The normalized spacial score (nSPS) is 12.1. The first-order valence-corrected chi connectivity index (χ1v) is 6.63. The van der Waals surface area contributed by atoms with Crippen molar-refractivity contribution in [3.05, 3.63) is 56.8 Å². The molecule has 1 unspecified atom stereocenters. The number of nitro benzene ring substituents is 1. The molecular weight excluding hydrogens is 248 g/mol. The number of thiophene rings is 1. The second-order valence-electron chi connectivity index (χ2n) is 3.89. The van der Waals surface area contributed by atoms with E-state index < -0.39 is 0 Å². The first kappa shape index (κ1) is 12.6. The monoisotopic (exact) mass is 262 g/mol. The predicted molar refractivity (Wildman–Crippen MR) is 74.1 cm³/mol. The van der Waals surface area contributed by atoms with Crippen molar-refractivity contribution in [3.8, 4) is 0 Å². The molecule has 1 N–H and O–H groups in total. The van der Waals surface area contributed by atoms with Crippen molar-refractivity contribution in [2.45, 2.75) is 19.4 Å². The predicted octanol–water partition coefficient (Wildman–Crippen LogP) is 4.22. The second-order valence-corrected chi connectivity index (χ2v) is 4.87. The second kappa shape index (κ2) is 5.64. The van der Waals surface area contributed by atoms with Crippen LogP contribution in [0.3, 0.4) is 0 Å². The van der Waals surface area contributed by atoms with Gasteiger partial charge in [0.15, 0.2) is 0 Å². The van der Waals surface area contributed by atoms with E-state index in [0.29, 0.717) is 5.69 Å². The summed E-state index contributed by atoms with van der Waals surface area (Å²) in [5.74, 6) is 0. The fourth-order valence-electron chi connectivity index (χ4n) is 1.81. The molecule has 0 fully saturated rings. The number of nitrogens with zero attached hydrogens (tertiary/aromatic N) is 1. The molecular formula is C13H14N2O2S. The molecule has 5 heteroatoms. The number of benzene rings is 1. The van der Waals surface area contributed by atoms with E-state index in [4.69, 9.17) is 0 Å². The Morgan fingerprint density at radius 1 is 1.33 bits per heavy atom. The average molecular weight is 262 g/mol. The minimum absolute atomic E-state index is 0.117. The molecule has 0 aliphatic heterocycles. The minimum atomic E-state index is -0.358. The Kier molecular flexibility index (Phi) is 3.94. The number of hydrogen-bond acceptors (Lipinski definition) is 4. The van der Waals surface area contributed by atoms with Gasteiger partial charge in [-0.25, -0.2) is 0 Å². The summed E-state index contributed by atoms with van der Waals surface area (Å²) >= 11 is 1.66. The molecule has 18 heavy (non-hydrogen) atoms.